The minimum atomic E-state index is -1.49. The first-order valence-corrected chi connectivity index (χ1v) is 16.4. The summed E-state index contributed by atoms with van der Waals surface area (Å²) in [5, 5.41) is 1.19. The van der Waals surface area contributed by atoms with Crippen molar-refractivity contribution in [2.75, 3.05) is 31.1 Å². The molecule has 0 unspecified atom stereocenters. The molecule has 4 fully saturated rings. The Morgan fingerprint density at radius 2 is 1.91 bits per heavy atom. The molecule has 2 aromatic carbocycles. The maximum absolute atomic E-state index is 17.0. The molecule has 4 aromatic rings. The van der Waals surface area contributed by atoms with Crippen LogP contribution in [0.3, 0.4) is 0 Å². The Morgan fingerprint density at radius 1 is 1.02 bits per heavy atom. The molecule has 236 valence electrons. The zero-order chi connectivity index (χ0) is 31.3. The molecule has 0 radical (unpaired) electrons. The molecule has 5 aliphatic rings. The van der Waals surface area contributed by atoms with E-state index in [1.54, 1.807) is 24.3 Å². The van der Waals surface area contributed by atoms with Crippen molar-refractivity contribution in [1.29, 1.82) is 0 Å². The van der Waals surface area contributed by atoms with E-state index in [0.717, 1.165) is 38.6 Å². The molecule has 6 atom stereocenters. The second-order valence-electron chi connectivity index (χ2n) is 13.9. The van der Waals surface area contributed by atoms with E-state index in [9.17, 15) is 8.78 Å². The van der Waals surface area contributed by atoms with Gasteiger partial charge in [0.15, 0.2) is 5.82 Å². The van der Waals surface area contributed by atoms with Gasteiger partial charge in [-0.3, -0.25) is 4.90 Å². The maximum atomic E-state index is 17.0. The van der Waals surface area contributed by atoms with E-state index in [-0.39, 0.29) is 58.5 Å². The van der Waals surface area contributed by atoms with Crippen molar-refractivity contribution in [1.82, 2.24) is 19.9 Å². The fourth-order valence-electron chi connectivity index (χ4n) is 9.36. The van der Waals surface area contributed by atoms with Gasteiger partial charge in [-0.1, -0.05) is 30.2 Å². The average molecular weight is 628 g/mol. The number of aromatic nitrogens is 3. The normalized spacial score (nSPS) is 30.0. The monoisotopic (exact) mass is 627 g/mol. The highest BCUT2D eigenvalue weighted by atomic mass is 19.1. The number of hydrogen-bond acceptors (Lipinski definition) is 6. The quantitative estimate of drug-likeness (QED) is 0.178. The third kappa shape index (κ3) is 4.09. The van der Waals surface area contributed by atoms with Gasteiger partial charge in [-0.2, -0.15) is 9.97 Å². The Morgan fingerprint density at radius 3 is 2.78 bits per heavy atom. The number of anilines is 1. The number of halogens is 4. The molecule has 1 aliphatic carbocycles. The van der Waals surface area contributed by atoms with Gasteiger partial charge in [0.05, 0.1) is 22.2 Å². The molecule has 2 bridgehead atoms. The van der Waals surface area contributed by atoms with Gasteiger partial charge in [-0.25, -0.2) is 22.5 Å². The molecule has 0 spiro atoms. The average Bonchev–Trinajstić information content (AvgIpc) is 3.70. The van der Waals surface area contributed by atoms with Crippen LogP contribution in [0.1, 0.15) is 62.4 Å². The van der Waals surface area contributed by atoms with E-state index in [2.05, 4.69) is 25.7 Å². The number of pyridine rings is 1. The first-order chi connectivity index (χ1) is 22.3. The number of ether oxygens (including phenoxy) is 1. The second kappa shape index (κ2) is 10.3. The van der Waals surface area contributed by atoms with E-state index < -0.39 is 29.5 Å². The molecule has 9 rings (SSSR count). The summed E-state index contributed by atoms with van der Waals surface area (Å²) in [4.78, 5) is 18.4. The van der Waals surface area contributed by atoms with Crippen LogP contribution in [-0.4, -0.2) is 63.8 Å². The van der Waals surface area contributed by atoms with Crippen LogP contribution in [0.4, 0.5) is 23.4 Å². The number of benzene rings is 2. The molecule has 10 heteroatoms. The van der Waals surface area contributed by atoms with E-state index in [4.69, 9.17) is 16.1 Å². The number of piperidine rings is 1. The molecule has 6 nitrogen and oxygen atoms in total. The molecule has 0 amide bonds. The van der Waals surface area contributed by atoms with Gasteiger partial charge in [0.25, 0.3) is 0 Å². The lowest BCUT2D eigenvalue weighted by atomic mass is 9.87. The van der Waals surface area contributed by atoms with Crippen LogP contribution in [0.5, 0.6) is 6.01 Å². The van der Waals surface area contributed by atoms with Crippen molar-refractivity contribution in [3.63, 3.8) is 0 Å². The van der Waals surface area contributed by atoms with Crippen LogP contribution in [-0.2, 0) is 0 Å². The van der Waals surface area contributed by atoms with Crippen molar-refractivity contribution < 1.29 is 22.3 Å². The lowest BCUT2D eigenvalue weighted by molar-refractivity contribution is 0.107. The Bertz CT molecular complexity index is 1960. The van der Waals surface area contributed by atoms with E-state index in [1.165, 1.54) is 6.07 Å². The molecular formula is C36H33F4N5O. The highest BCUT2D eigenvalue weighted by Gasteiger charge is 2.50. The number of nitrogens with zero attached hydrogens (tertiary/aromatic N) is 5. The molecule has 1 saturated carbocycles. The van der Waals surface area contributed by atoms with Crippen LogP contribution in [0.25, 0.3) is 32.9 Å². The van der Waals surface area contributed by atoms with Crippen LogP contribution in [0.2, 0.25) is 0 Å². The van der Waals surface area contributed by atoms with Gasteiger partial charge in [0.1, 0.15) is 41.8 Å². The van der Waals surface area contributed by atoms with Crippen molar-refractivity contribution in [2.45, 2.75) is 68.9 Å². The first-order valence-electron chi connectivity index (χ1n) is 16.4. The van der Waals surface area contributed by atoms with Gasteiger partial charge in [0.2, 0.25) is 0 Å². The van der Waals surface area contributed by atoms with Gasteiger partial charge < -0.3 is 9.64 Å². The van der Waals surface area contributed by atoms with Crippen molar-refractivity contribution in [3.05, 3.63) is 53.2 Å². The SMILES string of the molecule is C#Cc1c(F)ccc2cccc(-c3nc4c5c(nc(OC[C@@]67CCCN6C[C@H](F)C7)nc5c3F)N3C[C@H]5CC[C@H](C5)[C@H]3C[C@@H]4F)c12. The summed E-state index contributed by atoms with van der Waals surface area (Å²) in [7, 11) is 0. The largest absolute Gasteiger partial charge is 0.461 e. The lowest BCUT2D eigenvalue weighted by Crippen LogP contribution is -2.46. The standard InChI is InChI=1S/C36H33F4N5O/c1-2-23-25(38)10-9-20-5-3-6-24(28(20)23)31-30(40)33-29-32(41-31)26(39)14-27-21-8-7-19(13-21)16-45(27)34(29)43-35(42-33)46-18-36-11-4-12-44(36)17-22(37)15-36/h1,3,5-6,9-10,19,21-22,26-27H,4,7-8,11-18H2/t19-,21+,22+,26-,27+,36-/m0/s1. The number of hydrogen-bond donors (Lipinski definition) is 0. The van der Waals surface area contributed by atoms with Gasteiger partial charge in [-0.15, -0.1) is 6.42 Å². The third-order valence-electron chi connectivity index (χ3n) is 11.4. The Labute approximate surface area is 264 Å². The highest BCUT2D eigenvalue weighted by Crippen LogP contribution is 2.51. The van der Waals surface area contributed by atoms with E-state index >= 15 is 8.78 Å². The van der Waals surface area contributed by atoms with Gasteiger partial charge in [-0.05, 0) is 61.9 Å². The molecule has 4 aliphatic heterocycles. The minimum Gasteiger partial charge on any atom is -0.461 e. The van der Waals surface area contributed by atoms with Crippen LogP contribution in [0, 0.1) is 35.8 Å². The van der Waals surface area contributed by atoms with Crippen LogP contribution >= 0.6 is 0 Å². The summed E-state index contributed by atoms with van der Waals surface area (Å²) in [6, 6.07) is 7.83. The van der Waals surface area contributed by atoms with E-state index in [1.807, 2.05) is 0 Å². The Kier molecular flexibility index (Phi) is 6.31. The maximum Gasteiger partial charge on any atom is 0.319 e. The molecule has 46 heavy (non-hydrogen) atoms. The minimum absolute atomic E-state index is 0.0132. The number of fused-ring (bicyclic) bond motifs is 7. The predicted molar refractivity (Wildman–Crippen MR) is 167 cm³/mol. The smallest absolute Gasteiger partial charge is 0.319 e. The fraction of sp³-hybridized carbons (Fsp3) is 0.472. The van der Waals surface area contributed by atoms with Crippen molar-refractivity contribution in [2.24, 2.45) is 11.8 Å². The highest BCUT2D eigenvalue weighted by molar-refractivity contribution is 6.03. The molecule has 6 heterocycles. The number of terminal acetylenes is 1. The summed E-state index contributed by atoms with van der Waals surface area (Å²) >= 11 is 0. The first kappa shape index (κ1) is 28.3. The number of alkyl halides is 2. The van der Waals surface area contributed by atoms with E-state index in [0.29, 0.717) is 47.9 Å². The lowest BCUT2D eigenvalue weighted by Gasteiger charge is -2.40. The predicted octanol–water partition coefficient (Wildman–Crippen LogP) is 7.08. The fourth-order valence-corrected chi connectivity index (χ4v) is 9.36. The zero-order valence-electron chi connectivity index (χ0n) is 25.3. The second-order valence-corrected chi connectivity index (χ2v) is 13.9. The summed E-state index contributed by atoms with van der Waals surface area (Å²) in [6.45, 7) is 2.06. The van der Waals surface area contributed by atoms with Gasteiger partial charge >= 0.3 is 6.01 Å². The number of rotatable bonds is 4. The van der Waals surface area contributed by atoms with Gasteiger partial charge in [0, 0.05) is 42.9 Å². The van der Waals surface area contributed by atoms with Crippen LogP contribution < -0.4 is 9.64 Å². The Hall–Kier alpha value is -3.97. The summed E-state index contributed by atoms with van der Waals surface area (Å²) in [6.07, 6.45) is 8.76. The molecule has 0 N–H and O–H groups in total. The molecular weight excluding hydrogens is 594 g/mol. The van der Waals surface area contributed by atoms with Crippen LogP contribution in [0.15, 0.2) is 30.3 Å². The summed E-state index contributed by atoms with van der Waals surface area (Å²) in [5.41, 5.74) is -0.365. The Balaban J connectivity index is 1.26. The summed E-state index contributed by atoms with van der Waals surface area (Å²) < 4.78 is 69.3. The molecule has 3 saturated heterocycles. The van der Waals surface area contributed by atoms with Crippen molar-refractivity contribution in [3.8, 4) is 29.6 Å². The third-order valence-corrected chi connectivity index (χ3v) is 11.4. The topological polar surface area (TPSA) is 54.4 Å². The molecule has 2 aromatic heterocycles. The zero-order valence-corrected chi connectivity index (χ0v) is 25.3. The van der Waals surface area contributed by atoms with Crippen molar-refractivity contribution >= 4 is 27.5 Å². The summed E-state index contributed by atoms with van der Waals surface area (Å²) in [5.74, 6) is 2.22.